The van der Waals surface area contributed by atoms with Crippen LogP contribution in [0.1, 0.15) is 25.8 Å². The summed E-state index contributed by atoms with van der Waals surface area (Å²) < 4.78 is 5.42. The van der Waals surface area contributed by atoms with E-state index in [0.29, 0.717) is 10.6 Å². The Labute approximate surface area is 128 Å². The molecule has 0 spiro atoms. The van der Waals surface area contributed by atoms with Crippen molar-refractivity contribution in [1.82, 2.24) is 5.32 Å². The number of carbonyl (C=O) groups is 2. The van der Waals surface area contributed by atoms with Gasteiger partial charge in [-0.15, -0.1) is 0 Å². The summed E-state index contributed by atoms with van der Waals surface area (Å²) in [5, 5.41) is 11.7. The van der Waals surface area contributed by atoms with Crippen LogP contribution in [0.3, 0.4) is 0 Å². The van der Waals surface area contributed by atoms with Crippen LogP contribution in [0.2, 0.25) is 5.02 Å². The average molecular weight is 312 g/mol. The zero-order valence-electron chi connectivity index (χ0n) is 11.9. The summed E-state index contributed by atoms with van der Waals surface area (Å²) in [6.07, 6.45) is 3.18. The third-order valence-corrected chi connectivity index (χ3v) is 3.07. The summed E-state index contributed by atoms with van der Waals surface area (Å²) in [4.78, 5) is 22.2. The van der Waals surface area contributed by atoms with Crippen LogP contribution >= 0.6 is 11.6 Å². The summed E-state index contributed by atoms with van der Waals surface area (Å²) in [5.41, 5.74) is 0.501. The molecule has 1 unspecified atom stereocenters. The second kappa shape index (κ2) is 8.32. The standard InChI is InChI=1S/C15H18ClNO4/c1-3-10(2)17-13(18)9-21-15-11(7-8-14(19)20)5-4-6-12(15)16/h4-8,10H,3,9H2,1-2H3,(H,17,18)(H,19,20)/b8-7+. The van der Waals surface area contributed by atoms with Crippen LogP contribution in [-0.4, -0.2) is 29.6 Å². The molecule has 0 radical (unpaired) electrons. The Morgan fingerprint density at radius 3 is 2.81 bits per heavy atom. The molecule has 1 amide bonds. The molecular weight excluding hydrogens is 294 g/mol. The number of benzene rings is 1. The van der Waals surface area contributed by atoms with E-state index in [0.717, 1.165) is 12.5 Å². The van der Waals surface area contributed by atoms with Crippen molar-refractivity contribution in [3.63, 3.8) is 0 Å². The zero-order chi connectivity index (χ0) is 15.8. The highest BCUT2D eigenvalue weighted by atomic mass is 35.5. The number of para-hydroxylation sites is 1. The van der Waals surface area contributed by atoms with Gasteiger partial charge in [0.15, 0.2) is 6.61 Å². The number of carboxylic acid groups (broad SMARTS) is 1. The van der Waals surface area contributed by atoms with Gasteiger partial charge >= 0.3 is 5.97 Å². The van der Waals surface area contributed by atoms with Crippen LogP contribution in [0.15, 0.2) is 24.3 Å². The largest absolute Gasteiger partial charge is 0.482 e. The summed E-state index contributed by atoms with van der Waals surface area (Å²) in [5.74, 6) is -1.04. The minimum absolute atomic E-state index is 0.0683. The van der Waals surface area contributed by atoms with Crippen LogP contribution in [0.5, 0.6) is 5.75 Å². The van der Waals surface area contributed by atoms with E-state index in [1.54, 1.807) is 18.2 Å². The lowest BCUT2D eigenvalue weighted by Gasteiger charge is -2.14. The number of hydrogen-bond acceptors (Lipinski definition) is 3. The molecule has 21 heavy (non-hydrogen) atoms. The van der Waals surface area contributed by atoms with Gasteiger partial charge in [0, 0.05) is 17.7 Å². The van der Waals surface area contributed by atoms with E-state index in [-0.39, 0.29) is 24.3 Å². The lowest BCUT2D eigenvalue weighted by molar-refractivity contribution is -0.131. The number of ether oxygens (including phenoxy) is 1. The fraction of sp³-hybridized carbons (Fsp3) is 0.333. The molecule has 0 aromatic heterocycles. The number of aliphatic carboxylic acids is 1. The first-order valence-corrected chi connectivity index (χ1v) is 6.93. The van der Waals surface area contributed by atoms with Crippen LogP contribution in [0.25, 0.3) is 6.08 Å². The maximum Gasteiger partial charge on any atom is 0.328 e. The summed E-state index contributed by atoms with van der Waals surface area (Å²) >= 11 is 6.02. The lowest BCUT2D eigenvalue weighted by atomic mass is 10.2. The highest BCUT2D eigenvalue weighted by molar-refractivity contribution is 6.32. The zero-order valence-corrected chi connectivity index (χ0v) is 12.7. The predicted molar refractivity (Wildman–Crippen MR) is 81.5 cm³/mol. The number of amides is 1. The Balaban J connectivity index is 2.78. The van der Waals surface area contributed by atoms with Crippen molar-refractivity contribution in [2.45, 2.75) is 26.3 Å². The summed E-state index contributed by atoms with van der Waals surface area (Å²) in [6.45, 7) is 3.69. The van der Waals surface area contributed by atoms with Crippen molar-refractivity contribution in [1.29, 1.82) is 0 Å². The normalized spacial score (nSPS) is 12.1. The quantitative estimate of drug-likeness (QED) is 0.759. The molecule has 1 aromatic rings. The first-order valence-electron chi connectivity index (χ1n) is 6.55. The Hall–Kier alpha value is -2.01. The van der Waals surface area contributed by atoms with E-state index in [1.807, 2.05) is 13.8 Å². The monoisotopic (exact) mass is 311 g/mol. The first kappa shape index (κ1) is 17.0. The highest BCUT2D eigenvalue weighted by Gasteiger charge is 2.11. The van der Waals surface area contributed by atoms with Crippen molar-refractivity contribution in [2.24, 2.45) is 0 Å². The minimum Gasteiger partial charge on any atom is -0.482 e. The van der Waals surface area contributed by atoms with E-state index >= 15 is 0 Å². The summed E-state index contributed by atoms with van der Waals surface area (Å²) in [6, 6.07) is 5.02. The van der Waals surface area contributed by atoms with E-state index < -0.39 is 5.97 Å². The molecule has 0 fully saturated rings. The number of halogens is 1. The van der Waals surface area contributed by atoms with Gasteiger partial charge in [-0.05, 0) is 25.5 Å². The van der Waals surface area contributed by atoms with Crippen LogP contribution < -0.4 is 10.1 Å². The van der Waals surface area contributed by atoms with E-state index in [4.69, 9.17) is 21.4 Å². The molecule has 1 aromatic carbocycles. The third kappa shape index (κ3) is 5.87. The number of hydrogen-bond donors (Lipinski definition) is 2. The van der Waals surface area contributed by atoms with Gasteiger partial charge in [0.05, 0.1) is 5.02 Å². The lowest BCUT2D eigenvalue weighted by Crippen LogP contribution is -2.35. The topological polar surface area (TPSA) is 75.6 Å². The molecule has 6 heteroatoms. The van der Waals surface area contributed by atoms with Crippen molar-refractivity contribution in [2.75, 3.05) is 6.61 Å². The second-order valence-corrected chi connectivity index (χ2v) is 4.90. The summed E-state index contributed by atoms with van der Waals surface area (Å²) in [7, 11) is 0. The van der Waals surface area contributed by atoms with E-state index in [9.17, 15) is 9.59 Å². The van der Waals surface area contributed by atoms with Gasteiger partial charge < -0.3 is 15.2 Å². The van der Waals surface area contributed by atoms with Gasteiger partial charge in [-0.25, -0.2) is 4.79 Å². The van der Waals surface area contributed by atoms with Crippen molar-refractivity contribution < 1.29 is 19.4 Å². The molecule has 5 nitrogen and oxygen atoms in total. The van der Waals surface area contributed by atoms with Gasteiger partial charge in [0.2, 0.25) is 0 Å². The molecule has 114 valence electrons. The Kier molecular flexibility index (Phi) is 6.75. The molecule has 2 N–H and O–H groups in total. The smallest absolute Gasteiger partial charge is 0.328 e. The number of rotatable bonds is 7. The Bertz CT molecular complexity index is 542. The van der Waals surface area contributed by atoms with Crippen LogP contribution in [0, 0.1) is 0 Å². The number of carboxylic acids is 1. The fourth-order valence-electron chi connectivity index (χ4n) is 1.53. The van der Waals surface area contributed by atoms with E-state index in [2.05, 4.69) is 5.32 Å². The van der Waals surface area contributed by atoms with Gasteiger partial charge in [0.25, 0.3) is 5.91 Å². The van der Waals surface area contributed by atoms with Gasteiger partial charge in [-0.3, -0.25) is 4.79 Å². The van der Waals surface area contributed by atoms with E-state index in [1.165, 1.54) is 6.08 Å². The highest BCUT2D eigenvalue weighted by Crippen LogP contribution is 2.29. The minimum atomic E-state index is -1.07. The molecule has 0 aliphatic heterocycles. The van der Waals surface area contributed by atoms with Crippen molar-refractivity contribution in [3.8, 4) is 5.75 Å². The second-order valence-electron chi connectivity index (χ2n) is 4.50. The molecule has 0 bridgehead atoms. The third-order valence-electron chi connectivity index (χ3n) is 2.77. The molecule has 1 rings (SSSR count). The van der Waals surface area contributed by atoms with Gasteiger partial charge in [0.1, 0.15) is 5.75 Å². The molecule has 0 heterocycles. The van der Waals surface area contributed by atoms with Gasteiger partial charge in [-0.2, -0.15) is 0 Å². The maximum atomic E-state index is 11.7. The Morgan fingerprint density at radius 1 is 1.48 bits per heavy atom. The molecule has 0 aliphatic carbocycles. The molecule has 0 saturated heterocycles. The van der Waals surface area contributed by atoms with Gasteiger partial charge in [-0.1, -0.05) is 30.7 Å². The SMILES string of the molecule is CCC(C)NC(=O)COc1c(Cl)cccc1/C=C/C(=O)O. The molecule has 0 saturated carbocycles. The first-order chi connectivity index (χ1) is 9.93. The molecular formula is C15H18ClNO4. The van der Waals surface area contributed by atoms with Crippen LogP contribution in [-0.2, 0) is 9.59 Å². The number of carbonyl (C=O) groups excluding carboxylic acids is 1. The Morgan fingerprint density at radius 2 is 2.19 bits per heavy atom. The predicted octanol–water partition coefficient (Wildman–Crippen LogP) is 2.73. The van der Waals surface area contributed by atoms with Crippen molar-refractivity contribution >= 4 is 29.6 Å². The maximum absolute atomic E-state index is 11.7. The van der Waals surface area contributed by atoms with Crippen molar-refractivity contribution in [3.05, 3.63) is 34.9 Å². The molecule has 1 atom stereocenters. The molecule has 0 aliphatic rings. The van der Waals surface area contributed by atoms with Crippen LogP contribution in [0.4, 0.5) is 0 Å². The fourth-order valence-corrected chi connectivity index (χ4v) is 1.76. The average Bonchev–Trinajstić information content (AvgIpc) is 2.43. The number of nitrogens with one attached hydrogen (secondary N) is 1.